The Labute approximate surface area is 149 Å². The minimum Gasteiger partial charge on any atom is -0.375 e. The summed E-state index contributed by atoms with van der Waals surface area (Å²) in [5.41, 5.74) is 3.65. The quantitative estimate of drug-likeness (QED) is 0.845. The third kappa shape index (κ3) is 3.50. The molecule has 1 aliphatic heterocycles. The van der Waals surface area contributed by atoms with Crippen LogP contribution < -0.4 is 0 Å². The summed E-state index contributed by atoms with van der Waals surface area (Å²) in [6.45, 7) is 1.28. The minimum absolute atomic E-state index is 0.0969. The van der Waals surface area contributed by atoms with Gasteiger partial charge in [0, 0.05) is 13.1 Å². The second-order valence-electron chi connectivity index (χ2n) is 6.83. The third-order valence-electron chi connectivity index (χ3n) is 5.12. The molecular weight excluding hydrogens is 334 g/mol. The lowest BCUT2D eigenvalue weighted by Crippen LogP contribution is -2.46. The molecule has 2 aromatic rings. The topological polar surface area (TPSA) is 46.6 Å². The Morgan fingerprint density at radius 1 is 1.04 bits per heavy atom. The fourth-order valence-corrected chi connectivity index (χ4v) is 5.28. The van der Waals surface area contributed by atoms with Gasteiger partial charge in [-0.15, -0.1) is 0 Å². The van der Waals surface area contributed by atoms with E-state index >= 15 is 0 Å². The second kappa shape index (κ2) is 6.90. The lowest BCUT2D eigenvalue weighted by molar-refractivity contribution is -0.000495. The summed E-state index contributed by atoms with van der Waals surface area (Å²) in [5.74, 6) is 0. The van der Waals surface area contributed by atoms with Crippen LogP contribution in [0, 0.1) is 0 Å². The fourth-order valence-electron chi connectivity index (χ4n) is 3.77. The van der Waals surface area contributed by atoms with Crippen molar-refractivity contribution < 1.29 is 13.2 Å². The van der Waals surface area contributed by atoms with Gasteiger partial charge >= 0.3 is 0 Å². The maximum Gasteiger partial charge on any atom is 0.243 e. The number of aryl methyl sites for hydroxylation is 2. The van der Waals surface area contributed by atoms with E-state index in [1.165, 1.54) is 16.7 Å². The zero-order valence-corrected chi connectivity index (χ0v) is 15.0. The SMILES string of the molecule is O=S(=O)(c1ccc2c(c1)CCC2)N1CCOC(Cc2ccccc2)C1. The molecule has 0 aromatic heterocycles. The first-order chi connectivity index (χ1) is 12.1. The number of benzene rings is 2. The molecule has 5 heteroatoms. The van der Waals surface area contributed by atoms with E-state index in [-0.39, 0.29) is 6.10 Å². The van der Waals surface area contributed by atoms with E-state index in [9.17, 15) is 8.42 Å². The number of sulfonamides is 1. The number of hydrogen-bond acceptors (Lipinski definition) is 3. The van der Waals surface area contributed by atoms with Gasteiger partial charge in [-0.1, -0.05) is 36.4 Å². The van der Waals surface area contributed by atoms with Gasteiger partial charge in [0.1, 0.15) is 0 Å². The normalized spacial score (nSPS) is 21.2. The van der Waals surface area contributed by atoms with Gasteiger partial charge in [-0.2, -0.15) is 4.31 Å². The van der Waals surface area contributed by atoms with E-state index in [1.807, 2.05) is 30.3 Å². The van der Waals surface area contributed by atoms with Crippen LogP contribution in [0.15, 0.2) is 53.4 Å². The van der Waals surface area contributed by atoms with Crippen molar-refractivity contribution in [1.29, 1.82) is 0 Å². The highest BCUT2D eigenvalue weighted by atomic mass is 32.2. The van der Waals surface area contributed by atoms with Crippen molar-refractivity contribution in [3.05, 3.63) is 65.2 Å². The number of ether oxygens (including phenoxy) is 1. The van der Waals surface area contributed by atoms with Crippen molar-refractivity contribution in [1.82, 2.24) is 4.31 Å². The Morgan fingerprint density at radius 3 is 2.68 bits per heavy atom. The number of nitrogens with zero attached hydrogens (tertiary/aromatic N) is 1. The molecule has 0 bridgehead atoms. The molecule has 132 valence electrons. The highest BCUT2D eigenvalue weighted by molar-refractivity contribution is 7.89. The van der Waals surface area contributed by atoms with Crippen LogP contribution >= 0.6 is 0 Å². The zero-order valence-electron chi connectivity index (χ0n) is 14.2. The first kappa shape index (κ1) is 16.8. The summed E-state index contributed by atoms with van der Waals surface area (Å²) in [6.07, 6.45) is 3.80. The fraction of sp³-hybridized carbons (Fsp3) is 0.400. The Bertz CT molecular complexity index is 848. The minimum atomic E-state index is -3.46. The molecule has 4 rings (SSSR count). The number of hydrogen-bond donors (Lipinski definition) is 0. The Kier molecular flexibility index (Phi) is 4.63. The van der Waals surface area contributed by atoms with Gasteiger partial charge in [0.25, 0.3) is 0 Å². The molecule has 1 fully saturated rings. The monoisotopic (exact) mass is 357 g/mol. The van der Waals surface area contributed by atoms with Crippen molar-refractivity contribution >= 4 is 10.0 Å². The van der Waals surface area contributed by atoms with Crippen LogP contribution in [0.5, 0.6) is 0 Å². The van der Waals surface area contributed by atoms with Crippen LogP contribution in [0.4, 0.5) is 0 Å². The van der Waals surface area contributed by atoms with Gasteiger partial charge in [0.15, 0.2) is 0 Å². The van der Waals surface area contributed by atoms with Crippen molar-refractivity contribution in [2.24, 2.45) is 0 Å². The largest absolute Gasteiger partial charge is 0.375 e. The van der Waals surface area contributed by atoms with E-state index in [1.54, 1.807) is 10.4 Å². The standard InChI is InChI=1S/C20H23NO3S/c22-25(23,20-10-9-17-7-4-8-18(17)14-20)21-11-12-24-19(15-21)13-16-5-2-1-3-6-16/h1-3,5-6,9-10,14,19H,4,7-8,11-13,15H2. The predicted octanol–water partition coefficient (Wildman–Crippen LogP) is 2.81. The smallest absolute Gasteiger partial charge is 0.243 e. The summed E-state index contributed by atoms with van der Waals surface area (Å²) >= 11 is 0. The average molecular weight is 357 g/mol. The molecule has 25 heavy (non-hydrogen) atoms. The number of rotatable bonds is 4. The van der Waals surface area contributed by atoms with E-state index < -0.39 is 10.0 Å². The van der Waals surface area contributed by atoms with Gasteiger partial charge in [0.2, 0.25) is 10.0 Å². The molecule has 1 atom stereocenters. The summed E-state index contributed by atoms with van der Waals surface area (Å²) in [4.78, 5) is 0.425. The van der Waals surface area contributed by atoms with E-state index in [0.717, 1.165) is 25.7 Å². The molecule has 0 spiro atoms. The molecule has 1 saturated heterocycles. The van der Waals surface area contributed by atoms with Crippen LogP contribution in [0.3, 0.4) is 0 Å². The third-order valence-corrected chi connectivity index (χ3v) is 6.98. The van der Waals surface area contributed by atoms with E-state index in [4.69, 9.17) is 4.74 Å². The summed E-state index contributed by atoms with van der Waals surface area (Å²) in [5, 5.41) is 0. The maximum atomic E-state index is 13.1. The summed E-state index contributed by atoms with van der Waals surface area (Å²) < 4.78 is 33.5. The summed E-state index contributed by atoms with van der Waals surface area (Å²) in [7, 11) is -3.46. The van der Waals surface area contributed by atoms with Gasteiger partial charge in [-0.05, 0) is 54.5 Å². The maximum absolute atomic E-state index is 13.1. The van der Waals surface area contributed by atoms with Gasteiger partial charge in [-0.3, -0.25) is 0 Å². The molecule has 4 nitrogen and oxygen atoms in total. The molecule has 2 aliphatic rings. The van der Waals surface area contributed by atoms with Crippen molar-refractivity contribution in [3.63, 3.8) is 0 Å². The van der Waals surface area contributed by atoms with Crippen LogP contribution in [0.2, 0.25) is 0 Å². The highest BCUT2D eigenvalue weighted by Gasteiger charge is 2.31. The van der Waals surface area contributed by atoms with Crippen molar-refractivity contribution in [2.45, 2.75) is 36.7 Å². The average Bonchev–Trinajstić information content (AvgIpc) is 3.10. The van der Waals surface area contributed by atoms with Crippen molar-refractivity contribution in [3.8, 4) is 0 Å². The van der Waals surface area contributed by atoms with Gasteiger partial charge < -0.3 is 4.74 Å². The van der Waals surface area contributed by atoms with Gasteiger partial charge in [-0.25, -0.2) is 8.42 Å². The second-order valence-corrected chi connectivity index (χ2v) is 8.77. The zero-order chi connectivity index (χ0) is 17.3. The Balaban J connectivity index is 1.52. The van der Waals surface area contributed by atoms with Crippen LogP contribution in [0.25, 0.3) is 0 Å². The van der Waals surface area contributed by atoms with Crippen LogP contribution in [-0.2, 0) is 34.0 Å². The lowest BCUT2D eigenvalue weighted by atomic mass is 10.1. The first-order valence-corrected chi connectivity index (χ1v) is 10.3. The van der Waals surface area contributed by atoms with E-state index in [2.05, 4.69) is 12.1 Å². The molecule has 1 unspecified atom stereocenters. The number of morpholine rings is 1. The Morgan fingerprint density at radius 2 is 1.84 bits per heavy atom. The van der Waals surface area contributed by atoms with Crippen LogP contribution in [-0.4, -0.2) is 38.5 Å². The van der Waals surface area contributed by atoms with Crippen molar-refractivity contribution in [2.75, 3.05) is 19.7 Å². The van der Waals surface area contributed by atoms with Gasteiger partial charge in [0.05, 0.1) is 17.6 Å². The molecule has 2 aromatic carbocycles. The summed E-state index contributed by atoms with van der Waals surface area (Å²) in [6, 6.07) is 15.7. The number of fused-ring (bicyclic) bond motifs is 1. The molecule has 0 saturated carbocycles. The highest BCUT2D eigenvalue weighted by Crippen LogP contribution is 2.27. The first-order valence-electron chi connectivity index (χ1n) is 8.90. The molecule has 0 N–H and O–H groups in total. The molecular formula is C20H23NO3S. The molecule has 1 heterocycles. The Hall–Kier alpha value is -1.69. The van der Waals surface area contributed by atoms with Crippen LogP contribution in [0.1, 0.15) is 23.1 Å². The molecule has 1 aliphatic carbocycles. The molecule has 0 amide bonds. The van der Waals surface area contributed by atoms with E-state index in [0.29, 0.717) is 24.6 Å². The lowest BCUT2D eigenvalue weighted by Gasteiger charge is -2.32. The molecule has 0 radical (unpaired) electrons. The predicted molar refractivity (Wildman–Crippen MR) is 97.1 cm³/mol.